The molecular weight excluding hydrogens is 294 g/mol. The van der Waals surface area contributed by atoms with E-state index in [9.17, 15) is 8.78 Å². The third-order valence-electron chi connectivity index (χ3n) is 3.70. The van der Waals surface area contributed by atoms with E-state index in [0.717, 1.165) is 24.2 Å². The minimum atomic E-state index is -0.660. The maximum absolute atomic E-state index is 14.2. The molecule has 110 valence electrons. The summed E-state index contributed by atoms with van der Waals surface area (Å²) >= 11 is 6.08. The Labute approximate surface area is 127 Å². The van der Waals surface area contributed by atoms with Gasteiger partial charge in [0.25, 0.3) is 0 Å². The van der Waals surface area contributed by atoms with Crippen molar-refractivity contribution >= 4 is 17.3 Å². The molecule has 1 atom stereocenters. The predicted octanol–water partition coefficient (Wildman–Crippen LogP) is 3.77. The van der Waals surface area contributed by atoms with Crippen LogP contribution in [0.4, 0.5) is 14.5 Å². The molecule has 2 nitrogen and oxygen atoms in total. The second-order valence-corrected chi connectivity index (χ2v) is 5.45. The molecule has 1 aliphatic rings. The smallest absolute Gasteiger partial charge is 0.150 e. The van der Waals surface area contributed by atoms with Crippen molar-refractivity contribution in [2.75, 3.05) is 24.5 Å². The zero-order chi connectivity index (χ0) is 14.8. The molecule has 3 rings (SSSR count). The Hall–Kier alpha value is -1.65. The van der Waals surface area contributed by atoms with Crippen LogP contribution in [0.1, 0.15) is 11.6 Å². The van der Waals surface area contributed by atoms with Gasteiger partial charge in [0.05, 0.1) is 16.8 Å². The van der Waals surface area contributed by atoms with Gasteiger partial charge in [-0.25, -0.2) is 8.78 Å². The Bertz CT molecular complexity index is 610. The number of nitrogens with zero attached hydrogens (tertiary/aromatic N) is 1. The molecule has 0 saturated carbocycles. The Morgan fingerprint density at radius 2 is 1.90 bits per heavy atom. The van der Waals surface area contributed by atoms with Gasteiger partial charge >= 0.3 is 0 Å². The van der Waals surface area contributed by atoms with E-state index in [-0.39, 0.29) is 16.8 Å². The van der Waals surface area contributed by atoms with Crippen LogP contribution in [0.3, 0.4) is 0 Å². The molecular formula is C16H15ClF2N2. The largest absolute Gasteiger partial charge is 0.358 e. The second kappa shape index (κ2) is 6.00. The first-order valence-corrected chi connectivity index (χ1v) is 7.21. The van der Waals surface area contributed by atoms with E-state index in [1.165, 1.54) is 0 Å². The number of piperazine rings is 1. The average Bonchev–Trinajstić information content (AvgIpc) is 2.48. The zero-order valence-corrected chi connectivity index (χ0v) is 12.1. The lowest BCUT2D eigenvalue weighted by molar-refractivity contribution is 0.479. The summed E-state index contributed by atoms with van der Waals surface area (Å²) in [6.07, 6.45) is 0. The standard InChI is InChI=1S/C16H15ClF2N2/c17-13-8-12(18)9-14(19)16(13)21-7-6-20-10-15(21)11-4-2-1-3-5-11/h1-5,8-9,15,20H,6-7,10H2. The highest BCUT2D eigenvalue weighted by Crippen LogP contribution is 2.36. The number of nitrogens with one attached hydrogen (secondary N) is 1. The van der Waals surface area contributed by atoms with E-state index in [4.69, 9.17) is 11.6 Å². The summed E-state index contributed by atoms with van der Waals surface area (Å²) in [5.41, 5.74) is 1.35. The van der Waals surface area contributed by atoms with Gasteiger partial charge in [-0.05, 0) is 11.6 Å². The maximum atomic E-state index is 14.2. The number of hydrogen-bond donors (Lipinski definition) is 1. The first-order valence-electron chi connectivity index (χ1n) is 6.83. The number of rotatable bonds is 2. The van der Waals surface area contributed by atoms with Crippen molar-refractivity contribution in [2.24, 2.45) is 0 Å². The zero-order valence-electron chi connectivity index (χ0n) is 11.3. The number of anilines is 1. The molecule has 21 heavy (non-hydrogen) atoms. The Balaban J connectivity index is 2.03. The molecule has 0 spiro atoms. The first kappa shape index (κ1) is 14.3. The molecule has 1 unspecified atom stereocenters. The van der Waals surface area contributed by atoms with Crippen LogP contribution in [0.15, 0.2) is 42.5 Å². The Kier molecular flexibility index (Phi) is 4.08. The highest BCUT2D eigenvalue weighted by molar-refractivity contribution is 6.33. The quantitative estimate of drug-likeness (QED) is 0.908. The SMILES string of the molecule is Fc1cc(F)c(N2CCNCC2c2ccccc2)c(Cl)c1. The van der Waals surface area contributed by atoms with Crippen molar-refractivity contribution in [3.63, 3.8) is 0 Å². The number of benzene rings is 2. The number of hydrogen-bond acceptors (Lipinski definition) is 2. The summed E-state index contributed by atoms with van der Waals surface area (Å²) in [6, 6.07) is 11.8. The molecule has 0 bridgehead atoms. The van der Waals surface area contributed by atoms with Crippen LogP contribution in [0.5, 0.6) is 0 Å². The maximum Gasteiger partial charge on any atom is 0.150 e. The molecule has 1 N–H and O–H groups in total. The van der Waals surface area contributed by atoms with E-state index >= 15 is 0 Å². The van der Waals surface area contributed by atoms with Crippen LogP contribution >= 0.6 is 11.6 Å². The molecule has 0 amide bonds. The highest BCUT2D eigenvalue weighted by Gasteiger charge is 2.28. The molecule has 2 aromatic rings. The summed E-state index contributed by atoms with van der Waals surface area (Å²) in [7, 11) is 0. The third-order valence-corrected chi connectivity index (χ3v) is 3.98. The van der Waals surface area contributed by atoms with Gasteiger partial charge in [-0.15, -0.1) is 0 Å². The van der Waals surface area contributed by atoms with Crippen LogP contribution in [0, 0.1) is 11.6 Å². The van der Waals surface area contributed by atoms with Crippen molar-refractivity contribution in [3.8, 4) is 0 Å². The lowest BCUT2D eigenvalue weighted by Crippen LogP contribution is -2.46. The summed E-state index contributed by atoms with van der Waals surface area (Å²) in [4.78, 5) is 1.91. The molecule has 0 aliphatic carbocycles. The van der Waals surface area contributed by atoms with E-state index in [1.807, 2.05) is 35.2 Å². The molecule has 1 aliphatic heterocycles. The predicted molar refractivity (Wildman–Crippen MR) is 80.8 cm³/mol. The van der Waals surface area contributed by atoms with Crippen LogP contribution < -0.4 is 10.2 Å². The lowest BCUT2D eigenvalue weighted by atomic mass is 10.0. The fourth-order valence-corrected chi connectivity index (χ4v) is 3.06. The Morgan fingerprint density at radius 3 is 2.62 bits per heavy atom. The van der Waals surface area contributed by atoms with Gasteiger partial charge < -0.3 is 10.2 Å². The van der Waals surface area contributed by atoms with Gasteiger partial charge in [-0.2, -0.15) is 0 Å². The van der Waals surface area contributed by atoms with Gasteiger partial charge in [0.2, 0.25) is 0 Å². The average molecular weight is 309 g/mol. The summed E-state index contributed by atoms with van der Waals surface area (Å²) < 4.78 is 27.4. The van der Waals surface area contributed by atoms with E-state index < -0.39 is 11.6 Å². The van der Waals surface area contributed by atoms with Crippen LogP contribution in [0.25, 0.3) is 0 Å². The van der Waals surface area contributed by atoms with Gasteiger partial charge in [-0.3, -0.25) is 0 Å². The minimum absolute atomic E-state index is 0.0302. The molecule has 1 fully saturated rings. The monoisotopic (exact) mass is 308 g/mol. The van der Waals surface area contributed by atoms with Gasteiger partial charge in [0.15, 0.2) is 5.82 Å². The van der Waals surface area contributed by atoms with Crippen molar-refractivity contribution in [1.82, 2.24) is 5.32 Å². The van der Waals surface area contributed by atoms with Crippen LogP contribution in [0.2, 0.25) is 5.02 Å². The lowest BCUT2D eigenvalue weighted by Gasteiger charge is -2.38. The number of halogens is 3. The summed E-state index contributed by atoms with van der Waals surface area (Å²) in [5.74, 6) is -1.28. The van der Waals surface area contributed by atoms with Crippen LogP contribution in [-0.2, 0) is 0 Å². The van der Waals surface area contributed by atoms with E-state index in [0.29, 0.717) is 13.1 Å². The summed E-state index contributed by atoms with van der Waals surface area (Å²) in [5, 5.41) is 3.41. The van der Waals surface area contributed by atoms with Crippen LogP contribution in [-0.4, -0.2) is 19.6 Å². The summed E-state index contributed by atoms with van der Waals surface area (Å²) in [6.45, 7) is 2.04. The van der Waals surface area contributed by atoms with Crippen molar-refractivity contribution in [3.05, 3.63) is 64.7 Å². The van der Waals surface area contributed by atoms with E-state index in [2.05, 4.69) is 5.32 Å². The molecule has 0 aromatic heterocycles. The fraction of sp³-hybridized carbons (Fsp3) is 0.250. The minimum Gasteiger partial charge on any atom is -0.358 e. The normalized spacial score (nSPS) is 18.8. The Morgan fingerprint density at radius 1 is 1.14 bits per heavy atom. The second-order valence-electron chi connectivity index (χ2n) is 5.04. The van der Waals surface area contributed by atoms with Gasteiger partial charge in [-0.1, -0.05) is 41.9 Å². The van der Waals surface area contributed by atoms with Crippen molar-refractivity contribution in [2.45, 2.75) is 6.04 Å². The van der Waals surface area contributed by atoms with Crippen molar-refractivity contribution < 1.29 is 8.78 Å². The highest BCUT2D eigenvalue weighted by atomic mass is 35.5. The first-order chi connectivity index (χ1) is 10.2. The van der Waals surface area contributed by atoms with Gasteiger partial charge in [0.1, 0.15) is 5.82 Å². The molecule has 2 aromatic carbocycles. The topological polar surface area (TPSA) is 15.3 Å². The fourth-order valence-electron chi connectivity index (χ4n) is 2.75. The third kappa shape index (κ3) is 2.87. The van der Waals surface area contributed by atoms with Crippen molar-refractivity contribution in [1.29, 1.82) is 0 Å². The molecule has 5 heteroatoms. The molecule has 1 heterocycles. The molecule has 0 radical (unpaired) electrons. The molecule has 1 saturated heterocycles. The van der Waals surface area contributed by atoms with E-state index in [1.54, 1.807) is 0 Å². The van der Waals surface area contributed by atoms with Gasteiger partial charge in [0, 0.05) is 25.7 Å².